The third kappa shape index (κ3) is 3.82. The minimum Gasteiger partial charge on any atom is -0.364 e. The van der Waals surface area contributed by atoms with Gasteiger partial charge in [0.2, 0.25) is 5.95 Å². The lowest BCUT2D eigenvalue weighted by atomic mass is 10.1. The van der Waals surface area contributed by atoms with E-state index >= 15 is 0 Å². The molecule has 8 heteroatoms. The van der Waals surface area contributed by atoms with E-state index in [0.29, 0.717) is 22.3 Å². The van der Waals surface area contributed by atoms with Gasteiger partial charge in [0.25, 0.3) is 5.91 Å². The van der Waals surface area contributed by atoms with Crippen LogP contribution in [-0.2, 0) is 0 Å². The second kappa shape index (κ2) is 7.55. The highest BCUT2D eigenvalue weighted by molar-refractivity contribution is 7.19. The lowest BCUT2D eigenvalue weighted by Crippen LogP contribution is -2.21. The Morgan fingerprint density at radius 1 is 1.14 bits per heavy atom. The highest BCUT2D eigenvalue weighted by atomic mass is 32.1. The van der Waals surface area contributed by atoms with Crippen LogP contribution in [0, 0.1) is 13.8 Å². The molecule has 0 aliphatic carbocycles. The first-order valence-electron chi connectivity index (χ1n) is 9.24. The van der Waals surface area contributed by atoms with E-state index in [1.54, 1.807) is 12.3 Å². The molecule has 0 saturated carbocycles. The SMILES string of the molecule is Cc1cc(C)cc(Nc2nccc(-c3nc(C(N)=O)c(N4CCCC4)s3)n2)c1. The smallest absolute Gasteiger partial charge is 0.270 e. The van der Waals surface area contributed by atoms with Gasteiger partial charge in [0.15, 0.2) is 5.69 Å². The lowest BCUT2D eigenvalue weighted by Gasteiger charge is -2.15. The molecular formula is C20H22N6OS. The molecule has 0 unspecified atom stereocenters. The first-order valence-corrected chi connectivity index (χ1v) is 10.1. The molecule has 1 aromatic carbocycles. The lowest BCUT2D eigenvalue weighted by molar-refractivity contribution is 0.0997. The number of anilines is 3. The molecule has 3 heterocycles. The van der Waals surface area contributed by atoms with Crippen molar-refractivity contribution in [2.24, 2.45) is 5.73 Å². The second-order valence-corrected chi connectivity index (χ2v) is 7.98. The molecule has 0 radical (unpaired) electrons. The number of carbonyl (C=O) groups excluding carboxylic acids is 1. The van der Waals surface area contributed by atoms with Crippen LogP contribution in [-0.4, -0.2) is 33.9 Å². The Hall–Kier alpha value is -3.00. The summed E-state index contributed by atoms with van der Waals surface area (Å²) in [5.41, 5.74) is 9.83. The summed E-state index contributed by atoms with van der Waals surface area (Å²) in [4.78, 5) is 27.5. The van der Waals surface area contributed by atoms with Crippen molar-refractivity contribution >= 4 is 33.9 Å². The number of nitrogens with two attached hydrogens (primary N) is 1. The summed E-state index contributed by atoms with van der Waals surface area (Å²) in [6.07, 6.45) is 3.92. The monoisotopic (exact) mass is 394 g/mol. The second-order valence-electron chi connectivity index (χ2n) is 7.00. The van der Waals surface area contributed by atoms with Gasteiger partial charge in [0.1, 0.15) is 15.7 Å². The molecule has 0 atom stereocenters. The summed E-state index contributed by atoms with van der Waals surface area (Å²) in [5, 5.41) is 4.75. The molecule has 7 nitrogen and oxygen atoms in total. The zero-order valence-corrected chi connectivity index (χ0v) is 16.7. The minimum atomic E-state index is -0.507. The molecule has 2 aromatic heterocycles. The Kier molecular flexibility index (Phi) is 4.95. The van der Waals surface area contributed by atoms with E-state index in [0.717, 1.165) is 36.6 Å². The van der Waals surface area contributed by atoms with E-state index in [4.69, 9.17) is 5.73 Å². The zero-order chi connectivity index (χ0) is 19.7. The summed E-state index contributed by atoms with van der Waals surface area (Å²) in [5.74, 6) is -0.0203. The largest absolute Gasteiger partial charge is 0.364 e. The van der Waals surface area contributed by atoms with Gasteiger partial charge in [-0.2, -0.15) is 0 Å². The molecule has 0 spiro atoms. The molecule has 1 aliphatic rings. The number of primary amides is 1. The Morgan fingerprint density at radius 2 is 1.86 bits per heavy atom. The number of nitrogens with zero attached hydrogens (tertiary/aromatic N) is 4. The van der Waals surface area contributed by atoms with Crippen LogP contribution in [0.4, 0.5) is 16.6 Å². The van der Waals surface area contributed by atoms with Crippen molar-refractivity contribution in [1.29, 1.82) is 0 Å². The predicted molar refractivity (Wildman–Crippen MR) is 112 cm³/mol. The van der Waals surface area contributed by atoms with E-state index in [1.807, 2.05) is 12.1 Å². The van der Waals surface area contributed by atoms with Crippen LogP contribution in [0.3, 0.4) is 0 Å². The molecule has 4 rings (SSSR count). The average Bonchev–Trinajstić information content (AvgIpc) is 3.31. The molecule has 1 amide bonds. The standard InChI is InChI=1S/C20H22N6OS/c1-12-9-13(2)11-14(10-12)23-20-22-6-5-15(24-20)18-25-16(17(21)27)19(28-18)26-7-3-4-8-26/h5-6,9-11H,3-4,7-8H2,1-2H3,(H2,21,27)(H,22,23,24). The number of rotatable bonds is 5. The molecule has 3 aromatic rings. The fourth-order valence-electron chi connectivity index (χ4n) is 3.43. The van der Waals surface area contributed by atoms with Crippen LogP contribution in [0.2, 0.25) is 0 Å². The van der Waals surface area contributed by atoms with Crippen molar-refractivity contribution in [2.75, 3.05) is 23.3 Å². The first-order chi connectivity index (χ1) is 13.5. The number of aryl methyl sites for hydroxylation is 2. The number of hydrogen-bond donors (Lipinski definition) is 2. The maximum Gasteiger partial charge on any atom is 0.270 e. The van der Waals surface area contributed by atoms with E-state index in [-0.39, 0.29) is 0 Å². The number of nitrogens with one attached hydrogen (secondary N) is 1. The Labute approximate surface area is 167 Å². The van der Waals surface area contributed by atoms with Crippen molar-refractivity contribution in [3.63, 3.8) is 0 Å². The molecule has 1 fully saturated rings. The Bertz CT molecular complexity index is 1010. The third-order valence-electron chi connectivity index (χ3n) is 4.59. The molecule has 1 aliphatic heterocycles. The zero-order valence-electron chi connectivity index (χ0n) is 15.9. The van der Waals surface area contributed by atoms with Crippen LogP contribution in [0.15, 0.2) is 30.5 Å². The average molecular weight is 395 g/mol. The van der Waals surface area contributed by atoms with Gasteiger partial charge >= 0.3 is 0 Å². The quantitative estimate of drug-likeness (QED) is 0.685. The van der Waals surface area contributed by atoms with Crippen molar-refractivity contribution in [1.82, 2.24) is 15.0 Å². The van der Waals surface area contributed by atoms with Gasteiger partial charge in [-0.15, -0.1) is 0 Å². The number of thiazole rings is 1. The maximum absolute atomic E-state index is 11.9. The van der Waals surface area contributed by atoms with Crippen molar-refractivity contribution < 1.29 is 4.79 Å². The van der Waals surface area contributed by atoms with Gasteiger partial charge in [0, 0.05) is 25.0 Å². The van der Waals surface area contributed by atoms with E-state index in [1.165, 1.54) is 22.5 Å². The summed E-state index contributed by atoms with van der Waals surface area (Å²) >= 11 is 1.45. The molecule has 28 heavy (non-hydrogen) atoms. The van der Waals surface area contributed by atoms with Crippen LogP contribution in [0.5, 0.6) is 0 Å². The van der Waals surface area contributed by atoms with Gasteiger partial charge in [-0.3, -0.25) is 4.79 Å². The van der Waals surface area contributed by atoms with Crippen LogP contribution >= 0.6 is 11.3 Å². The van der Waals surface area contributed by atoms with Crippen LogP contribution < -0.4 is 16.0 Å². The summed E-state index contributed by atoms with van der Waals surface area (Å²) in [6, 6.07) is 8.00. The number of carbonyl (C=O) groups is 1. The Morgan fingerprint density at radius 3 is 2.54 bits per heavy atom. The summed E-state index contributed by atoms with van der Waals surface area (Å²) < 4.78 is 0. The molecule has 144 valence electrons. The van der Waals surface area contributed by atoms with E-state index in [9.17, 15) is 4.79 Å². The van der Waals surface area contributed by atoms with Crippen molar-refractivity contribution in [2.45, 2.75) is 26.7 Å². The van der Waals surface area contributed by atoms with Gasteiger partial charge in [0.05, 0.1) is 0 Å². The van der Waals surface area contributed by atoms with E-state index < -0.39 is 5.91 Å². The summed E-state index contributed by atoms with van der Waals surface area (Å²) in [6.45, 7) is 5.95. The van der Waals surface area contributed by atoms with Crippen LogP contribution in [0.1, 0.15) is 34.5 Å². The molecule has 1 saturated heterocycles. The first kappa shape index (κ1) is 18.4. The van der Waals surface area contributed by atoms with Gasteiger partial charge in [-0.05, 0) is 56.0 Å². The van der Waals surface area contributed by atoms with Gasteiger partial charge in [-0.25, -0.2) is 15.0 Å². The number of benzene rings is 1. The van der Waals surface area contributed by atoms with Crippen molar-refractivity contribution in [3.8, 4) is 10.7 Å². The van der Waals surface area contributed by atoms with Crippen molar-refractivity contribution in [3.05, 3.63) is 47.3 Å². The normalized spacial score (nSPS) is 13.7. The van der Waals surface area contributed by atoms with E-state index in [2.05, 4.69) is 45.1 Å². The number of hydrogen-bond acceptors (Lipinski definition) is 7. The Balaban J connectivity index is 1.65. The minimum absolute atomic E-state index is 0.323. The highest BCUT2D eigenvalue weighted by Crippen LogP contribution is 2.35. The molecule has 0 bridgehead atoms. The number of amides is 1. The van der Waals surface area contributed by atoms with Crippen LogP contribution in [0.25, 0.3) is 10.7 Å². The fourth-order valence-corrected chi connectivity index (χ4v) is 4.52. The summed E-state index contributed by atoms with van der Waals surface area (Å²) in [7, 11) is 0. The number of aromatic nitrogens is 3. The molecular weight excluding hydrogens is 372 g/mol. The third-order valence-corrected chi connectivity index (χ3v) is 5.73. The van der Waals surface area contributed by atoms with Gasteiger partial charge < -0.3 is 16.0 Å². The van der Waals surface area contributed by atoms with Gasteiger partial charge in [-0.1, -0.05) is 17.4 Å². The predicted octanol–water partition coefficient (Wildman–Crippen LogP) is 3.66. The maximum atomic E-state index is 11.9. The topological polar surface area (TPSA) is 97.0 Å². The fraction of sp³-hybridized carbons (Fsp3) is 0.300. The molecule has 3 N–H and O–H groups in total. The highest BCUT2D eigenvalue weighted by Gasteiger charge is 2.24.